The van der Waals surface area contributed by atoms with E-state index in [4.69, 9.17) is 9.47 Å². The van der Waals surface area contributed by atoms with Crippen LogP contribution in [-0.4, -0.2) is 12.3 Å². The number of para-hydroxylation sites is 1. The Balaban J connectivity index is 2.22. The molecule has 1 atom stereocenters. The van der Waals surface area contributed by atoms with E-state index in [0.717, 1.165) is 38.5 Å². The number of allylic oxidation sites excluding steroid dienone is 6. The second kappa shape index (κ2) is 13.8. The molecular formula is C25H36O3. The highest BCUT2D eigenvalue weighted by molar-refractivity contribution is 5.63. The molecule has 0 aromatic heterocycles. The molecule has 0 saturated heterocycles. The van der Waals surface area contributed by atoms with Crippen LogP contribution in [0, 0.1) is 0 Å². The van der Waals surface area contributed by atoms with Crippen LogP contribution in [0.15, 0.2) is 65.3 Å². The molecule has 0 radical (unpaired) electrons. The molecule has 28 heavy (non-hydrogen) atoms. The van der Waals surface area contributed by atoms with Crippen molar-refractivity contribution in [2.24, 2.45) is 0 Å². The molecular weight excluding hydrogens is 348 g/mol. The van der Waals surface area contributed by atoms with Crippen LogP contribution in [0.4, 0.5) is 4.79 Å². The Hall–Kier alpha value is -2.29. The monoisotopic (exact) mass is 384 g/mol. The summed E-state index contributed by atoms with van der Waals surface area (Å²) in [5, 5.41) is 0. The highest BCUT2D eigenvalue weighted by Crippen LogP contribution is 2.14. The lowest BCUT2D eigenvalue weighted by molar-refractivity contribution is 0.0628. The molecule has 0 aliphatic carbocycles. The first kappa shape index (κ1) is 23.7. The van der Waals surface area contributed by atoms with Gasteiger partial charge in [-0.1, -0.05) is 53.1 Å². The van der Waals surface area contributed by atoms with E-state index in [1.165, 1.54) is 16.7 Å². The van der Waals surface area contributed by atoms with Gasteiger partial charge in [0.15, 0.2) is 0 Å². The molecule has 3 nitrogen and oxygen atoms in total. The Labute approximate surface area is 171 Å². The molecule has 154 valence electrons. The maximum atomic E-state index is 11.8. The van der Waals surface area contributed by atoms with Gasteiger partial charge in [0, 0.05) is 0 Å². The summed E-state index contributed by atoms with van der Waals surface area (Å²) < 4.78 is 10.4. The van der Waals surface area contributed by atoms with Crippen LogP contribution in [0.5, 0.6) is 5.75 Å². The molecule has 0 N–H and O–H groups in total. The fourth-order valence-electron chi connectivity index (χ4n) is 2.74. The second-order valence-corrected chi connectivity index (χ2v) is 7.63. The topological polar surface area (TPSA) is 35.5 Å². The largest absolute Gasteiger partial charge is 0.514 e. The lowest BCUT2D eigenvalue weighted by Gasteiger charge is -2.12. The van der Waals surface area contributed by atoms with E-state index in [-0.39, 0.29) is 6.10 Å². The van der Waals surface area contributed by atoms with Crippen LogP contribution >= 0.6 is 0 Å². The summed E-state index contributed by atoms with van der Waals surface area (Å²) in [6.07, 6.45) is 12.2. The van der Waals surface area contributed by atoms with Crippen molar-refractivity contribution in [3.05, 3.63) is 65.3 Å². The predicted molar refractivity (Wildman–Crippen MR) is 118 cm³/mol. The predicted octanol–water partition coefficient (Wildman–Crippen LogP) is 7.79. The summed E-state index contributed by atoms with van der Waals surface area (Å²) >= 11 is 0. The van der Waals surface area contributed by atoms with Crippen LogP contribution in [0.1, 0.15) is 73.1 Å². The first-order valence-corrected chi connectivity index (χ1v) is 10.2. The lowest BCUT2D eigenvalue weighted by Crippen LogP contribution is -2.18. The summed E-state index contributed by atoms with van der Waals surface area (Å²) in [5.74, 6) is 0.500. The van der Waals surface area contributed by atoms with Crippen LogP contribution < -0.4 is 4.74 Å². The van der Waals surface area contributed by atoms with Crippen molar-refractivity contribution in [3.8, 4) is 5.75 Å². The summed E-state index contributed by atoms with van der Waals surface area (Å²) in [7, 11) is 0. The third-order valence-electron chi connectivity index (χ3n) is 4.43. The van der Waals surface area contributed by atoms with Gasteiger partial charge in [-0.25, -0.2) is 4.79 Å². The molecule has 1 aromatic rings. The first-order chi connectivity index (χ1) is 13.4. The maximum absolute atomic E-state index is 11.8. The van der Waals surface area contributed by atoms with Gasteiger partial charge in [0.1, 0.15) is 11.9 Å². The van der Waals surface area contributed by atoms with Crippen molar-refractivity contribution in [2.45, 2.75) is 79.2 Å². The minimum atomic E-state index is -0.645. The van der Waals surface area contributed by atoms with E-state index in [2.05, 4.69) is 45.9 Å². The van der Waals surface area contributed by atoms with E-state index in [1.807, 2.05) is 25.1 Å². The van der Waals surface area contributed by atoms with Crippen LogP contribution in [0.3, 0.4) is 0 Å². The summed E-state index contributed by atoms with van der Waals surface area (Å²) in [4.78, 5) is 11.8. The highest BCUT2D eigenvalue weighted by Gasteiger charge is 2.11. The van der Waals surface area contributed by atoms with Crippen LogP contribution in [0.25, 0.3) is 0 Å². The molecule has 0 fully saturated rings. The number of benzene rings is 1. The fourth-order valence-corrected chi connectivity index (χ4v) is 2.74. The van der Waals surface area contributed by atoms with Crippen LogP contribution in [-0.2, 0) is 4.74 Å². The van der Waals surface area contributed by atoms with Crippen molar-refractivity contribution in [1.29, 1.82) is 0 Å². The molecule has 0 aliphatic heterocycles. The Morgan fingerprint density at radius 1 is 0.893 bits per heavy atom. The van der Waals surface area contributed by atoms with E-state index in [0.29, 0.717) is 5.75 Å². The number of hydrogen-bond donors (Lipinski definition) is 0. The molecule has 0 aliphatic rings. The molecule has 1 rings (SSSR count). The third kappa shape index (κ3) is 12.2. The molecule has 3 heteroatoms. The van der Waals surface area contributed by atoms with Crippen molar-refractivity contribution in [1.82, 2.24) is 0 Å². The van der Waals surface area contributed by atoms with Crippen LogP contribution in [0.2, 0.25) is 0 Å². The average molecular weight is 385 g/mol. The normalized spacial score (nSPS) is 13.0. The minimum absolute atomic E-state index is 0.169. The number of carbonyl (C=O) groups excluding carboxylic acids is 1. The highest BCUT2D eigenvalue weighted by atomic mass is 16.7. The Kier molecular flexibility index (Phi) is 11.7. The number of hydrogen-bond acceptors (Lipinski definition) is 3. The van der Waals surface area contributed by atoms with Crippen molar-refractivity contribution in [2.75, 3.05) is 0 Å². The molecule has 0 bridgehead atoms. The van der Waals surface area contributed by atoms with Gasteiger partial charge in [-0.15, -0.1) is 0 Å². The Morgan fingerprint density at radius 3 is 2.07 bits per heavy atom. The third-order valence-corrected chi connectivity index (χ3v) is 4.43. The maximum Gasteiger partial charge on any atom is 0.514 e. The van der Waals surface area contributed by atoms with Gasteiger partial charge in [-0.05, 0) is 85.3 Å². The molecule has 1 unspecified atom stereocenters. The lowest BCUT2D eigenvalue weighted by atomic mass is 10.1. The van der Waals surface area contributed by atoms with Gasteiger partial charge >= 0.3 is 6.16 Å². The summed E-state index contributed by atoms with van der Waals surface area (Å²) in [6.45, 7) is 10.6. The van der Waals surface area contributed by atoms with Gasteiger partial charge in [0.2, 0.25) is 0 Å². The number of rotatable bonds is 11. The molecule has 0 saturated carbocycles. The smallest absolute Gasteiger partial charge is 0.431 e. The quantitative estimate of drug-likeness (QED) is 0.222. The Bertz CT molecular complexity index is 664. The van der Waals surface area contributed by atoms with Crippen molar-refractivity contribution < 1.29 is 14.3 Å². The van der Waals surface area contributed by atoms with E-state index in [9.17, 15) is 4.79 Å². The molecule has 1 aromatic carbocycles. The molecule has 0 heterocycles. The van der Waals surface area contributed by atoms with Crippen molar-refractivity contribution in [3.63, 3.8) is 0 Å². The summed E-state index contributed by atoms with van der Waals surface area (Å²) in [6, 6.07) is 8.97. The molecule has 0 spiro atoms. The summed E-state index contributed by atoms with van der Waals surface area (Å²) in [5.41, 5.74) is 4.23. The SMILES string of the molecule is CC(C)=CCC/C(C)=C/CC/C(C)=C/CCC(C)OC(=O)Oc1ccccc1. The zero-order valence-corrected chi connectivity index (χ0v) is 18.2. The second-order valence-electron chi connectivity index (χ2n) is 7.63. The van der Waals surface area contributed by atoms with Gasteiger partial charge < -0.3 is 9.47 Å². The van der Waals surface area contributed by atoms with Gasteiger partial charge in [0.25, 0.3) is 0 Å². The number of carbonyl (C=O) groups is 1. The zero-order chi connectivity index (χ0) is 20.8. The van der Waals surface area contributed by atoms with Crippen molar-refractivity contribution >= 4 is 6.16 Å². The number of ether oxygens (including phenoxy) is 2. The first-order valence-electron chi connectivity index (χ1n) is 10.2. The zero-order valence-electron chi connectivity index (χ0n) is 18.2. The molecule has 0 amide bonds. The Morgan fingerprint density at radius 2 is 1.46 bits per heavy atom. The van der Waals surface area contributed by atoms with Gasteiger partial charge in [-0.2, -0.15) is 0 Å². The van der Waals surface area contributed by atoms with Gasteiger partial charge in [-0.3, -0.25) is 0 Å². The fraction of sp³-hybridized carbons (Fsp3) is 0.480. The van der Waals surface area contributed by atoms with E-state index < -0.39 is 6.16 Å². The van der Waals surface area contributed by atoms with E-state index >= 15 is 0 Å². The average Bonchev–Trinajstić information content (AvgIpc) is 2.62. The van der Waals surface area contributed by atoms with E-state index in [1.54, 1.807) is 12.1 Å². The standard InChI is InChI=1S/C25H36O3/c1-20(2)12-9-13-21(3)14-10-15-22(4)16-11-17-23(5)27-25(26)28-24-18-7-6-8-19-24/h6-8,12,14,16,18-19,23H,9-11,13,15,17H2,1-5H3/b21-14+,22-16+. The minimum Gasteiger partial charge on any atom is -0.431 e. The van der Waals surface area contributed by atoms with Gasteiger partial charge in [0.05, 0.1) is 0 Å².